The highest BCUT2D eigenvalue weighted by molar-refractivity contribution is 4.71. The second-order valence-electron chi connectivity index (χ2n) is 4.93. The van der Waals surface area contributed by atoms with Gasteiger partial charge in [-0.05, 0) is 57.8 Å². The largest absolute Gasteiger partial charge is 0.316 e. The van der Waals surface area contributed by atoms with Gasteiger partial charge in [-0.1, -0.05) is 6.92 Å². The van der Waals surface area contributed by atoms with Crippen molar-refractivity contribution in [3.05, 3.63) is 0 Å². The third kappa shape index (κ3) is 6.09. The Labute approximate surface area is 99.8 Å². The Kier molecular flexibility index (Phi) is 7.20. The van der Waals surface area contributed by atoms with Gasteiger partial charge < -0.3 is 10.2 Å². The molecular formula is C13H25N3. The Morgan fingerprint density at radius 1 is 1.31 bits per heavy atom. The molecule has 16 heavy (non-hydrogen) atoms. The summed E-state index contributed by atoms with van der Waals surface area (Å²) in [5.74, 6) is 0.745. The molecule has 0 saturated carbocycles. The predicted octanol–water partition coefficient (Wildman–Crippen LogP) is 2.00. The lowest BCUT2D eigenvalue weighted by Gasteiger charge is -2.20. The van der Waals surface area contributed by atoms with Crippen molar-refractivity contribution >= 4 is 0 Å². The first-order valence-electron chi connectivity index (χ1n) is 6.63. The zero-order valence-corrected chi connectivity index (χ0v) is 10.5. The summed E-state index contributed by atoms with van der Waals surface area (Å²) in [5.41, 5.74) is 0. The quantitative estimate of drug-likeness (QED) is 0.640. The van der Waals surface area contributed by atoms with Crippen molar-refractivity contribution in [3.63, 3.8) is 0 Å². The third-order valence-electron chi connectivity index (χ3n) is 3.15. The first-order chi connectivity index (χ1) is 7.83. The molecule has 0 aromatic rings. The number of hydrogen-bond acceptors (Lipinski definition) is 3. The van der Waals surface area contributed by atoms with Crippen LogP contribution in [-0.2, 0) is 0 Å². The first kappa shape index (κ1) is 13.5. The number of rotatable bonds is 8. The number of hydrogen-bond donors (Lipinski definition) is 1. The maximum absolute atomic E-state index is 8.39. The van der Waals surface area contributed by atoms with E-state index in [2.05, 4.69) is 23.2 Å². The first-order valence-corrected chi connectivity index (χ1v) is 6.63. The van der Waals surface area contributed by atoms with Gasteiger partial charge in [-0.2, -0.15) is 5.26 Å². The number of nitrogens with one attached hydrogen (secondary N) is 1. The molecule has 1 heterocycles. The summed E-state index contributed by atoms with van der Waals surface area (Å²) in [7, 11) is 0. The molecule has 1 fully saturated rings. The van der Waals surface area contributed by atoms with Gasteiger partial charge in [-0.3, -0.25) is 0 Å². The van der Waals surface area contributed by atoms with Crippen LogP contribution in [0.3, 0.4) is 0 Å². The molecule has 1 rings (SSSR count). The van der Waals surface area contributed by atoms with Gasteiger partial charge in [0.1, 0.15) is 0 Å². The van der Waals surface area contributed by atoms with Gasteiger partial charge >= 0.3 is 0 Å². The zero-order valence-electron chi connectivity index (χ0n) is 10.5. The Morgan fingerprint density at radius 2 is 2.06 bits per heavy atom. The average molecular weight is 223 g/mol. The van der Waals surface area contributed by atoms with Crippen LogP contribution in [0.25, 0.3) is 0 Å². The molecule has 1 aliphatic heterocycles. The second-order valence-corrected chi connectivity index (χ2v) is 4.93. The maximum Gasteiger partial charge on any atom is 0.0621 e. The van der Waals surface area contributed by atoms with Crippen LogP contribution >= 0.6 is 0 Å². The topological polar surface area (TPSA) is 39.1 Å². The molecule has 0 aromatic heterocycles. The van der Waals surface area contributed by atoms with Crippen molar-refractivity contribution in [2.45, 2.75) is 39.0 Å². The van der Waals surface area contributed by atoms with E-state index >= 15 is 0 Å². The standard InChI is InChI=1S/C13H25N3/c1-13(12-16-9-5-6-10-16)11-15-8-4-2-3-7-14/h13,15H,2-6,8-12H2,1H3. The van der Waals surface area contributed by atoms with Crippen molar-refractivity contribution in [1.29, 1.82) is 5.26 Å². The molecule has 0 radical (unpaired) electrons. The molecule has 0 aliphatic carbocycles. The van der Waals surface area contributed by atoms with Crippen LogP contribution < -0.4 is 5.32 Å². The van der Waals surface area contributed by atoms with Crippen LogP contribution in [0, 0.1) is 17.2 Å². The smallest absolute Gasteiger partial charge is 0.0621 e. The van der Waals surface area contributed by atoms with E-state index in [4.69, 9.17) is 5.26 Å². The molecule has 92 valence electrons. The fourth-order valence-corrected chi connectivity index (χ4v) is 2.27. The zero-order chi connectivity index (χ0) is 11.6. The Bertz CT molecular complexity index is 204. The molecule has 3 heteroatoms. The van der Waals surface area contributed by atoms with Crippen molar-refractivity contribution in [2.75, 3.05) is 32.7 Å². The van der Waals surface area contributed by atoms with Crippen molar-refractivity contribution in [1.82, 2.24) is 10.2 Å². The van der Waals surface area contributed by atoms with Crippen LogP contribution in [0.1, 0.15) is 39.0 Å². The highest BCUT2D eigenvalue weighted by atomic mass is 15.1. The Balaban J connectivity index is 1.89. The summed E-state index contributed by atoms with van der Waals surface area (Å²) in [6.45, 7) is 8.33. The second kappa shape index (κ2) is 8.55. The number of nitriles is 1. The summed E-state index contributed by atoms with van der Waals surface area (Å²) in [6.07, 6.45) is 5.63. The maximum atomic E-state index is 8.39. The predicted molar refractivity (Wildman–Crippen MR) is 67.2 cm³/mol. The minimum atomic E-state index is 0.699. The molecule has 0 amide bonds. The van der Waals surface area contributed by atoms with E-state index in [9.17, 15) is 0 Å². The van der Waals surface area contributed by atoms with Crippen LogP contribution in [0.5, 0.6) is 0 Å². The van der Waals surface area contributed by atoms with E-state index < -0.39 is 0 Å². The monoisotopic (exact) mass is 223 g/mol. The van der Waals surface area contributed by atoms with E-state index in [1.165, 1.54) is 32.5 Å². The van der Waals surface area contributed by atoms with Gasteiger partial charge in [0.25, 0.3) is 0 Å². The van der Waals surface area contributed by atoms with Crippen molar-refractivity contribution in [3.8, 4) is 6.07 Å². The van der Waals surface area contributed by atoms with Crippen LogP contribution in [0.2, 0.25) is 0 Å². The summed E-state index contributed by atoms with van der Waals surface area (Å²) < 4.78 is 0. The molecule has 1 N–H and O–H groups in total. The van der Waals surface area contributed by atoms with Crippen molar-refractivity contribution in [2.24, 2.45) is 5.92 Å². The molecule has 1 atom stereocenters. The molecular weight excluding hydrogens is 198 g/mol. The van der Waals surface area contributed by atoms with Crippen LogP contribution in [0.4, 0.5) is 0 Å². The van der Waals surface area contributed by atoms with E-state index in [1.807, 2.05) is 0 Å². The Morgan fingerprint density at radius 3 is 2.75 bits per heavy atom. The van der Waals surface area contributed by atoms with Gasteiger partial charge in [-0.25, -0.2) is 0 Å². The SMILES string of the molecule is CC(CNCCCCC#N)CN1CCCC1. The van der Waals surface area contributed by atoms with E-state index in [1.54, 1.807) is 0 Å². The number of likely N-dealkylation sites (tertiary alicyclic amines) is 1. The van der Waals surface area contributed by atoms with E-state index in [0.717, 1.165) is 31.8 Å². The van der Waals surface area contributed by atoms with Crippen LogP contribution in [0.15, 0.2) is 0 Å². The molecule has 1 saturated heterocycles. The molecule has 0 aromatic carbocycles. The summed E-state index contributed by atoms with van der Waals surface area (Å²) >= 11 is 0. The molecule has 0 spiro atoms. The van der Waals surface area contributed by atoms with E-state index in [0.29, 0.717) is 6.42 Å². The lowest BCUT2D eigenvalue weighted by molar-refractivity contribution is 0.283. The van der Waals surface area contributed by atoms with E-state index in [-0.39, 0.29) is 0 Å². The lowest BCUT2D eigenvalue weighted by Crippen LogP contribution is -2.32. The fourth-order valence-electron chi connectivity index (χ4n) is 2.27. The molecule has 1 aliphatic rings. The van der Waals surface area contributed by atoms with Gasteiger partial charge in [0, 0.05) is 13.0 Å². The highest BCUT2D eigenvalue weighted by Crippen LogP contribution is 2.09. The van der Waals surface area contributed by atoms with Gasteiger partial charge in [-0.15, -0.1) is 0 Å². The highest BCUT2D eigenvalue weighted by Gasteiger charge is 2.13. The Hall–Kier alpha value is -0.590. The lowest BCUT2D eigenvalue weighted by atomic mass is 10.1. The van der Waals surface area contributed by atoms with Gasteiger partial charge in [0.15, 0.2) is 0 Å². The molecule has 1 unspecified atom stereocenters. The summed E-state index contributed by atoms with van der Waals surface area (Å²) in [5, 5.41) is 11.9. The minimum absolute atomic E-state index is 0.699. The normalized spacial score (nSPS) is 18.5. The average Bonchev–Trinajstić information content (AvgIpc) is 2.76. The van der Waals surface area contributed by atoms with Crippen molar-refractivity contribution < 1.29 is 0 Å². The third-order valence-corrected chi connectivity index (χ3v) is 3.15. The number of unbranched alkanes of at least 4 members (excludes halogenated alkanes) is 2. The fraction of sp³-hybridized carbons (Fsp3) is 0.923. The molecule has 3 nitrogen and oxygen atoms in total. The van der Waals surface area contributed by atoms with Gasteiger partial charge in [0.05, 0.1) is 6.07 Å². The summed E-state index contributed by atoms with van der Waals surface area (Å²) in [6, 6.07) is 2.18. The number of nitrogens with zero attached hydrogens (tertiary/aromatic N) is 2. The minimum Gasteiger partial charge on any atom is -0.316 e. The summed E-state index contributed by atoms with van der Waals surface area (Å²) in [4.78, 5) is 2.57. The van der Waals surface area contributed by atoms with Crippen LogP contribution in [-0.4, -0.2) is 37.6 Å². The molecule has 0 bridgehead atoms. The van der Waals surface area contributed by atoms with Gasteiger partial charge in [0.2, 0.25) is 0 Å².